The van der Waals surface area contributed by atoms with Crippen molar-refractivity contribution >= 4 is 0 Å². The third-order valence-electron chi connectivity index (χ3n) is 20.8. The summed E-state index contributed by atoms with van der Waals surface area (Å²) in [7, 11) is 26.9. The van der Waals surface area contributed by atoms with Crippen LogP contribution in [0.15, 0.2) is 0 Å². The molecule has 0 aliphatic heterocycles. The number of hydrogen-bond acceptors (Lipinski definition) is 1. The summed E-state index contributed by atoms with van der Waals surface area (Å²) < 4.78 is 9.61. The minimum atomic E-state index is 0. The van der Waals surface area contributed by atoms with Crippen LogP contribution in [0.1, 0.15) is 299 Å². The maximum absolute atomic E-state index is 8.76. The predicted octanol–water partition coefficient (Wildman–Crippen LogP) is -2.16. The van der Waals surface area contributed by atoms with E-state index in [-0.39, 0.29) is 111 Å². The monoisotopic (exact) mass is 1660 g/mol. The Morgan fingerprint density at radius 2 is 0.423 bits per heavy atom. The molecule has 0 radical (unpaired) electrons. The van der Waals surface area contributed by atoms with Gasteiger partial charge in [-0.15, -0.1) is 0 Å². The van der Waals surface area contributed by atoms with Crippen LogP contribution in [0.3, 0.4) is 0 Å². The third-order valence-corrected chi connectivity index (χ3v) is 20.8. The van der Waals surface area contributed by atoms with Crippen molar-refractivity contribution in [3.63, 3.8) is 0 Å². The van der Waals surface area contributed by atoms with Gasteiger partial charge in [-0.3, -0.25) is 0 Å². The molecular formula is C87H208Cl8N8O. The molecule has 1 N–H and O–H groups in total. The summed E-state index contributed by atoms with van der Waals surface area (Å²) in [4.78, 5) is 0. The van der Waals surface area contributed by atoms with E-state index in [4.69, 9.17) is 5.11 Å². The molecule has 0 aromatic heterocycles. The maximum Gasteiger partial charge on any atom is 0.0809 e. The SMILES string of the molecule is CC(C)C(C)(C)CO.CC(C)CCCC[N+](C)(C)C.CC(C)CCC[N+](C)(C)C.CC(C)CC[N+](C)(C)C.CC(C)C[N+](C)(C)C.CC[N+](CC)(CC)CC(C)C.CC[N+](CC)(CC)CCC(C)C.CC[N+](CC)(CC)CCCC(C)C.CC[N+](CC)(CC)CCCCC(C)C.[Cl-].[Cl-].[Cl-].[Cl-].[Cl-].[Cl-].[Cl-].[Cl-]. The van der Waals surface area contributed by atoms with Crippen LogP contribution in [0.4, 0.5) is 0 Å². The molecule has 0 unspecified atom stereocenters. The van der Waals surface area contributed by atoms with Crippen LogP contribution in [0.5, 0.6) is 0 Å². The lowest BCUT2D eigenvalue weighted by Crippen LogP contribution is -3.00. The van der Waals surface area contributed by atoms with Crippen LogP contribution in [0, 0.1) is 58.7 Å². The fourth-order valence-corrected chi connectivity index (χ4v) is 11.7. The van der Waals surface area contributed by atoms with Crippen molar-refractivity contribution in [3.8, 4) is 0 Å². The molecule has 0 saturated carbocycles. The Bertz CT molecular complexity index is 1530. The zero-order valence-electron chi connectivity index (χ0n) is 80.1. The second kappa shape index (κ2) is 84.4. The Morgan fingerprint density at radius 1 is 0.221 bits per heavy atom. The van der Waals surface area contributed by atoms with E-state index < -0.39 is 0 Å². The van der Waals surface area contributed by atoms with Crippen LogP contribution < -0.4 is 99.3 Å². The first-order valence-electron chi connectivity index (χ1n) is 41.8. The molecule has 17 heteroatoms. The molecule has 9 nitrogen and oxygen atoms in total. The standard InChI is InChI=1S/C13H30N.C12H28N.C11H26N.2C10H24N.C9H22N.C8H20N.C7H18N.C7H16O.8ClH/c1-6-14(7-2,8-3)12-10-9-11-13(4)5;1-6-13(7-2,8-3)11-9-10-12(4)5;1-6-12(7-2,8-3)10-9-11(4)5;1-10(2)8-6-7-9-11(3,4)5;1-6-11(7-2,8-3)9-10(4)5;1-9(2)7-6-8-10(3,4)5;1-8(2)6-7-9(3,4)5;1-7(2)6-8(3,4)5;1-6(2)7(3,4)5-8;;;;;;;;/h13H,6-12H2,1-5H3;12H,6-11H2,1-5H3;11H,6-10H2,1-5H3;2*10H,6-9H2,1-5H3;9H,6-8H2,1-5H3;8H,6-7H2,1-5H3;7H,6H2,1-5H3;6,8H,5H2,1-4H3;8*1H/q8*+1;;;;;;;;;/p-8. The van der Waals surface area contributed by atoms with Crippen molar-refractivity contribution in [1.29, 1.82) is 0 Å². The minimum Gasteiger partial charge on any atom is -1.00 e. The van der Waals surface area contributed by atoms with E-state index in [0.29, 0.717) is 5.92 Å². The third kappa shape index (κ3) is 113. The first-order chi connectivity index (χ1) is 43.6. The fourth-order valence-electron chi connectivity index (χ4n) is 11.7. The van der Waals surface area contributed by atoms with Crippen molar-refractivity contribution in [2.75, 3.05) is 222 Å². The fraction of sp³-hybridized carbons (Fsp3) is 1.00. The summed E-state index contributed by atoms with van der Waals surface area (Å²) in [6.45, 7) is 99.4. The highest BCUT2D eigenvalue weighted by Crippen LogP contribution is 2.24. The van der Waals surface area contributed by atoms with Crippen molar-refractivity contribution in [1.82, 2.24) is 0 Å². The van der Waals surface area contributed by atoms with Gasteiger partial charge in [0.05, 0.1) is 215 Å². The first-order valence-corrected chi connectivity index (χ1v) is 41.8. The molecule has 0 bridgehead atoms. The molecule has 0 aliphatic carbocycles. The number of aliphatic hydroxyl groups excluding tert-OH is 1. The molecule has 104 heavy (non-hydrogen) atoms. The van der Waals surface area contributed by atoms with E-state index in [2.05, 4.69) is 306 Å². The predicted molar refractivity (Wildman–Crippen MR) is 448 cm³/mol. The molecule has 0 saturated heterocycles. The van der Waals surface area contributed by atoms with E-state index in [9.17, 15) is 0 Å². The highest BCUT2D eigenvalue weighted by molar-refractivity contribution is 4.70. The van der Waals surface area contributed by atoms with Gasteiger partial charge in [-0.2, -0.15) is 0 Å². The van der Waals surface area contributed by atoms with Gasteiger partial charge in [-0.25, -0.2) is 0 Å². The number of nitrogens with zero attached hydrogens (tertiary/aromatic N) is 8. The van der Waals surface area contributed by atoms with E-state index in [1.807, 2.05) is 0 Å². The number of unbranched alkanes of at least 4 members (excludes halogenated alkanes) is 2. The highest BCUT2D eigenvalue weighted by atomic mass is 35.5. The smallest absolute Gasteiger partial charge is 0.0809 e. The highest BCUT2D eigenvalue weighted by Gasteiger charge is 2.24. The molecule has 0 aromatic carbocycles. The van der Waals surface area contributed by atoms with E-state index in [0.717, 1.165) is 65.3 Å². The lowest BCUT2D eigenvalue weighted by atomic mass is 9.82. The molecule has 0 fully saturated rings. The molecule has 0 heterocycles. The van der Waals surface area contributed by atoms with E-state index in [1.165, 1.54) is 226 Å². The summed E-state index contributed by atoms with van der Waals surface area (Å²) in [5.74, 6) is 7.40. The molecular weight excluding hydrogens is 1460 g/mol. The molecule has 0 rings (SSSR count). The van der Waals surface area contributed by atoms with Crippen molar-refractivity contribution < 1.29 is 140 Å². The van der Waals surface area contributed by atoms with Gasteiger partial charge in [-0.1, -0.05) is 151 Å². The topological polar surface area (TPSA) is 20.2 Å². The van der Waals surface area contributed by atoms with E-state index >= 15 is 0 Å². The van der Waals surface area contributed by atoms with Crippen molar-refractivity contribution in [2.24, 2.45) is 58.7 Å². The van der Waals surface area contributed by atoms with Gasteiger partial charge < -0.3 is 140 Å². The lowest BCUT2D eigenvalue weighted by molar-refractivity contribution is -0.926. The Balaban J connectivity index is -0.0000000543. The number of rotatable bonds is 42. The Hall–Kier alpha value is 1.96. The van der Waals surface area contributed by atoms with Crippen molar-refractivity contribution in [3.05, 3.63) is 0 Å². The van der Waals surface area contributed by atoms with Crippen LogP contribution in [0.2, 0.25) is 0 Å². The number of aliphatic hydroxyl groups is 1. The first kappa shape index (κ1) is 148. The average Bonchev–Trinajstić information content (AvgIpc) is 0.917. The summed E-state index contributed by atoms with van der Waals surface area (Å²) in [6, 6.07) is 0. The summed E-state index contributed by atoms with van der Waals surface area (Å²) in [6.07, 6.45) is 16.6. The molecule has 0 aromatic rings. The van der Waals surface area contributed by atoms with Gasteiger partial charge in [0, 0.05) is 18.4 Å². The van der Waals surface area contributed by atoms with Gasteiger partial charge in [0.15, 0.2) is 0 Å². The van der Waals surface area contributed by atoms with Gasteiger partial charge in [0.25, 0.3) is 0 Å². The zero-order valence-corrected chi connectivity index (χ0v) is 86.1. The normalized spacial score (nSPS) is 11.6. The quantitative estimate of drug-likeness (QED) is 0.0547. The Labute approximate surface area is 714 Å². The Morgan fingerprint density at radius 3 is 0.587 bits per heavy atom. The minimum absolute atomic E-state index is 0. The lowest BCUT2D eigenvalue weighted by Gasteiger charge is -2.37. The van der Waals surface area contributed by atoms with Gasteiger partial charge >= 0.3 is 0 Å². The second-order valence-electron chi connectivity index (χ2n) is 38.3. The van der Waals surface area contributed by atoms with Gasteiger partial charge in [-0.05, 0) is 194 Å². The molecule has 0 aliphatic rings. The number of hydrogen-bond donors (Lipinski definition) is 1. The summed E-state index contributed by atoms with van der Waals surface area (Å²) in [5.41, 5.74) is 0.0972. The largest absolute Gasteiger partial charge is 1.00 e. The van der Waals surface area contributed by atoms with Gasteiger partial charge in [0.2, 0.25) is 0 Å². The van der Waals surface area contributed by atoms with E-state index in [1.54, 1.807) is 0 Å². The summed E-state index contributed by atoms with van der Waals surface area (Å²) in [5, 5.41) is 8.76. The Kier molecular flexibility index (Phi) is 120. The van der Waals surface area contributed by atoms with Crippen LogP contribution >= 0.6 is 0 Å². The zero-order chi connectivity index (χ0) is 78.0. The molecule has 0 atom stereocenters. The van der Waals surface area contributed by atoms with Crippen LogP contribution in [-0.2, 0) is 0 Å². The van der Waals surface area contributed by atoms with Crippen molar-refractivity contribution in [2.45, 2.75) is 299 Å². The second-order valence-corrected chi connectivity index (χ2v) is 38.3. The molecule has 658 valence electrons. The number of halogens is 8. The maximum atomic E-state index is 8.76. The average molecular weight is 1670 g/mol. The van der Waals surface area contributed by atoms with Gasteiger partial charge in [0.1, 0.15) is 0 Å². The molecule has 0 spiro atoms. The van der Waals surface area contributed by atoms with Crippen LogP contribution in [0.25, 0.3) is 0 Å². The van der Waals surface area contributed by atoms with Crippen LogP contribution in [-0.4, -0.2) is 263 Å². The summed E-state index contributed by atoms with van der Waals surface area (Å²) >= 11 is 0. The number of quaternary nitrogens is 8. The molecule has 0 amide bonds.